The van der Waals surface area contributed by atoms with Gasteiger partial charge < -0.3 is 26.0 Å². The average molecular weight is 618 g/mol. The molecule has 44 heavy (non-hydrogen) atoms. The Labute approximate surface area is 259 Å². The summed E-state index contributed by atoms with van der Waals surface area (Å²) in [5, 5.41) is 11.4. The van der Waals surface area contributed by atoms with Crippen LogP contribution in [0.2, 0.25) is 0 Å². The second-order valence-electron chi connectivity index (χ2n) is 11.3. The van der Waals surface area contributed by atoms with Crippen LogP contribution in [0.25, 0.3) is 20.8 Å². The summed E-state index contributed by atoms with van der Waals surface area (Å²) < 4.78 is 21.7. The molecule has 12 heteroatoms. The van der Waals surface area contributed by atoms with E-state index in [-0.39, 0.29) is 29.9 Å². The molecule has 1 saturated carbocycles. The molecule has 1 saturated heterocycles. The molecule has 1 aromatic carbocycles. The smallest absolute Gasteiger partial charge is 0.319 e. The SMILES string of the molecule is CCCNC(=O)NC1CCN(Cc2ccc(-c3cc4nccc(Oc5ccc(NC(=O)NC6CC6)cc5F)c4s3)nc2)CC1. The lowest BCUT2D eigenvalue weighted by Crippen LogP contribution is -2.47. The van der Waals surface area contributed by atoms with Crippen LogP contribution in [0, 0.1) is 5.82 Å². The molecule has 1 aliphatic heterocycles. The third-order valence-electron chi connectivity index (χ3n) is 7.64. The van der Waals surface area contributed by atoms with E-state index in [1.807, 2.05) is 25.3 Å². The van der Waals surface area contributed by atoms with Gasteiger partial charge in [-0.1, -0.05) is 13.0 Å². The van der Waals surface area contributed by atoms with E-state index < -0.39 is 5.82 Å². The van der Waals surface area contributed by atoms with Crippen LogP contribution in [0.5, 0.6) is 11.5 Å². The van der Waals surface area contributed by atoms with Gasteiger partial charge in [-0.15, -0.1) is 11.3 Å². The summed E-state index contributed by atoms with van der Waals surface area (Å²) in [4.78, 5) is 36.5. The summed E-state index contributed by atoms with van der Waals surface area (Å²) in [6, 6.07) is 12.1. The Balaban J connectivity index is 1.06. The molecule has 2 fully saturated rings. The van der Waals surface area contributed by atoms with Gasteiger partial charge in [-0.05, 0) is 61.9 Å². The van der Waals surface area contributed by atoms with E-state index in [9.17, 15) is 14.0 Å². The van der Waals surface area contributed by atoms with Gasteiger partial charge >= 0.3 is 12.1 Å². The number of thiophene rings is 1. The number of ether oxygens (including phenoxy) is 1. The number of likely N-dealkylation sites (tertiary alicyclic amines) is 1. The second kappa shape index (κ2) is 13.6. The summed E-state index contributed by atoms with van der Waals surface area (Å²) in [7, 11) is 0. The minimum absolute atomic E-state index is 0.0580. The van der Waals surface area contributed by atoms with Crippen molar-refractivity contribution in [1.82, 2.24) is 30.8 Å². The van der Waals surface area contributed by atoms with Gasteiger partial charge in [-0.25, -0.2) is 14.0 Å². The number of nitrogens with zero attached hydrogens (tertiary/aromatic N) is 3. The maximum absolute atomic E-state index is 14.9. The number of carbonyl (C=O) groups is 2. The van der Waals surface area contributed by atoms with Crippen molar-refractivity contribution >= 4 is 39.3 Å². The summed E-state index contributed by atoms with van der Waals surface area (Å²) in [5.74, 6) is -0.0245. The van der Waals surface area contributed by atoms with Gasteiger partial charge in [0.05, 0.1) is 20.8 Å². The lowest BCUT2D eigenvalue weighted by atomic mass is 10.0. The van der Waals surface area contributed by atoms with Crippen molar-refractivity contribution in [2.45, 2.75) is 57.7 Å². The highest BCUT2D eigenvalue weighted by atomic mass is 32.1. The molecular weight excluding hydrogens is 581 g/mol. The Kier molecular flexibility index (Phi) is 9.17. The Hall–Kier alpha value is -4.29. The highest BCUT2D eigenvalue weighted by Gasteiger charge is 2.24. The zero-order chi connectivity index (χ0) is 30.5. The summed E-state index contributed by atoms with van der Waals surface area (Å²) >= 11 is 1.49. The zero-order valence-corrected chi connectivity index (χ0v) is 25.4. The molecule has 0 radical (unpaired) electrons. The van der Waals surface area contributed by atoms with Crippen LogP contribution in [0.15, 0.2) is 54.9 Å². The van der Waals surface area contributed by atoms with Crippen molar-refractivity contribution in [3.8, 4) is 22.1 Å². The Morgan fingerprint density at radius 2 is 1.77 bits per heavy atom. The fraction of sp³-hybridized carbons (Fsp3) is 0.375. The third-order valence-corrected chi connectivity index (χ3v) is 8.80. The number of hydrogen-bond acceptors (Lipinski definition) is 7. The Bertz CT molecular complexity index is 1620. The van der Waals surface area contributed by atoms with Crippen LogP contribution >= 0.6 is 11.3 Å². The number of nitrogens with one attached hydrogen (secondary N) is 4. The molecule has 10 nitrogen and oxygen atoms in total. The quantitative estimate of drug-likeness (QED) is 0.167. The van der Waals surface area contributed by atoms with Gasteiger partial charge in [0, 0.05) is 68.5 Å². The van der Waals surface area contributed by atoms with Crippen LogP contribution in [-0.2, 0) is 6.54 Å². The lowest BCUT2D eigenvalue weighted by molar-refractivity contribution is 0.186. The van der Waals surface area contributed by atoms with Gasteiger partial charge in [0.15, 0.2) is 11.6 Å². The van der Waals surface area contributed by atoms with Crippen molar-refractivity contribution in [3.05, 3.63) is 66.2 Å². The van der Waals surface area contributed by atoms with Crippen LogP contribution in [0.1, 0.15) is 44.6 Å². The predicted molar refractivity (Wildman–Crippen MR) is 170 cm³/mol. The minimum Gasteiger partial charge on any atom is -0.453 e. The van der Waals surface area contributed by atoms with E-state index in [1.165, 1.54) is 23.5 Å². The summed E-state index contributed by atoms with van der Waals surface area (Å²) in [6.45, 7) is 5.37. The molecule has 4 heterocycles. The number of pyridine rings is 2. The zero-order valence-electron chi connectivity index (χ0n) is 24.6. The molecule has 4 N–H and O–H groups in total. The van der Waals surface area contributed by atoms with Gasteiger partial charge in [0.25, 0.3) is 0 Å². The number of hydrogen-bond donors (Lipinski definition) is 4. The first-order valence-electron chi connectivity index (χ1n) is 15.1. The van der Waals surface area contributed by atoms with Crippen LogP contribution < -0.4 is 26.0 Å². The summed E-state index contributed by atoms with van der Waals surface area (Å²) in [6.07, 6.45) is 8.26. The van der Waals surface area contributed by atoms with Crippen LogP contribution in [0.3, 0.4) is 0 Å². The molecule has 230 valence electrons. The first kappa shape index (κ1) is 29.8. The largest absolute Gasteiger partial charge is 0.453 e. The van der Waals surface area contributed by atoms with Crippen molar-refractivity contribution < 1.29 is 18.7 Å². The first-order valence-corrected chi connectivity index (χ1v) is 15.9. The number of amides is 4. The molecule has 2 aliphatic rings. The van der Waals surface area contributed by atoms with E-state index in [0.29, 0.717) is 18.0 Å². The normalized spacial score (nSPS) is 15.6. The van der Waals surface area contributed by atoms with E-state index in [0.717, 1.165) is 78.1 Å². The number of fused-ring (bicyclic) bond motifs is 1. The van der Waals surface area contributed by atoms with Crippen LogP contribution in [-0.4, -0.2) is 58.6 Å². The van der Waals surface area contributed by atoms with Gasteiger partial charge in [0.1, 0.15) is 5.75 Å². The van der Waals surface area contributed by atoms with Gasteiger partial charge in [-0.3, -0.25) is 14.9 Å². The number of anilines is 1. The molecule has 6 rings (SSSR count). The highest BCUT2D eigenvalue weighted by Crippen LogP contribution is 2.39. The molecule has 0 unspecified atom stereocenters. The maximum Gasteiger partial charge on any atom is 0.319 e. The standard InChI is InChI=1S/C32H36FN7O3S/c1-2-12-35-31(41)37-22-10-14-40(15-11-22)19-20-3-7-25(36-18-20)29-17-26-30(44-29)28(9-13-34-26)43-27-8-6-23(16-24(27)33)39-32(42)38-21-4-5-21/h3,6-9,13,16-18,21-22H,2,4-5,10-12,14-15,19H2,1H3,(H2,35,37,41)(H2,38,39,42). The third kappa shape index (κ3) is 7.61. The molecule has 4 aromatic rings. The van der Waals surface area contributed by atoms with Gasteiger partial charge in [-0.2, -0.15) is 0 Å². The molecular formula is C32H36FN7O3S. The Morgan fingerprint density at radius 3 is 2.50 bits per heavy atom. The topological polar surface area (TPSA) is 121 Å². The second-order valence-corrected chi connectivity index (χ2v) is 12.3. The molecule has 4 amide bonds. The molecule has 0 atom stereocenters. The maximum atomic E-state index is 14.9. The number of urea groups is 2. The average Bonchev–Trinajstić information content (AvgIpc) is 3.72. The van der Waals surface area contributed by atoms with E-state index in [4.69, 9.17) is 9.72 Å². The van der Waals surface area contributed by atoms with Crippen molar-refractivity contribution in [1.29, 1.82) is 0 Å². The van der Waals surface area contributed by atoms with E-state index in [1.54, 1.807) is 18.3 Å². The number of halogens is 1. The van der Waals surface area contributed by atoms with E-state index in [2.05, 4.69) is 37.2 Å². The number of benzene rings is 1. The highest BCUT2D eigenvalue weighted by molar-refractivity contribution is 7.22. The number of piperidine rings is 1. The first-order chi connectivity index (χ1) is 21.4. The molecule has 0 bridgehead atoms. The summed E-state index contributed by atoms with van der Waals surface area (Å²) in [5.41, 5.74) is 3.05. The molecule has 3 aromatic heterocycles. The van der Waals surface area contributed by atoms with Crippen molar-refractivity contribution in [2.24, 2.45) is 0 Å². The minimum atomic E-state index is -0.578. The van der Waals surface area contributed by atoms with Gasteiger partial charge in [0.2, 0.25) is 0 Å². The Morgan fingerprint density at radius 1 is 0.977 bits per heavy atom. The monoisotopic (exact) mass is 617 g/mol. The van der Waals surface area contributed by atoms with Crippen molar-refractivity contribution in [2.75, 3.05) is 25.0 Å². The fourth-order valence-electron chi connectivity index (χ4n) is 5.11. The fourth-order valence-corrected chi connectivity index (χ4v) is 6.16. The number of carbonyl (C=O) groups excluding carboxylic acids is 2. The lowest BCUT2D eigenvalue weighted by Gasteiger charge is -2.32. The molecule has 1 aliphatic carbocycles. The van der Waals surface area contributed by atoms with E-state index >= 15 is 0 Å². The molecule has 0 spiro atoms. The van der Waals surface area contributed by atoms with Crippen LogP contribution in [0.4, 0.5) is 19.7 Å². The van der Waals surface area contributed by atoms with Crippen molar-refractivity contribution in [3.63, 3.8) is 0 Å². The number of rotatable bonds is 10. The number of aromatic nitrogens is 2. The predicted octanol–water partition coefficient (Wildman–Crippen LogP) is 6.25.